The molecular formula is C20H18N2. The van der Waals surface area contributed by atoms with Crippen molar-refractivity contribution >= 4 is 32.6 Å². The normalized spacial score (nSPS) is 12.3. The van der Waals surface area contributed by atoms with Gasteiger partial charge in [0.1, 0.15) is 0 Å². The monoisotopic (exact) mass is 286 g/mol. The molecule has 4 rings (SSSR count). The largest absolute Gasteiger partial charge is 0.252 e. The summed E-state index contributed by atoms with van der Waals surface area (Å²) < 4.78 is 0. The molecule has 1 aromatic heterocycles. The van der Waals surface area contributed by atoms with Crippen LogP contribution in [0.5, 0.6) is 0 Å². The number of nitrogens with zero attached hydrogens (tertiary/aromatic N) is 2. The van der Waals surface area contributed by atoms with Crippen LogP contribution in [0.25, 0.3) is 32.6 Å². The number of fused-ring (bicyclic) bond motifs is 6. The van der Waals surface area contributed by atoms with Crippen LogP contribution in [0.3, 0.4) is 0 Å². The van der Waals surface area contributed by atoms with Crippen LogP contribution in [0, 0.1) is 0 Å². The second-order valence-corrected chi connectivity index (χ2v) is 6.79. The van der Waals surface area contributed by atoms with Gasteiger partial charge in [-0.3, -0.25) is 4.98 Å². The van der Waals surface area contributed by atoms with Crippen molar-refractivity contribution in [2.75, 3.05) is 0 Å². The average Bonchev–Trinajstić information content (AvgIpc) is 2.54. The molecule has 0 unspecified atom stereocenters. The Kier molecular flexibility index (Phi) is 2.70. The topological polar surface area (TPSA) is 25.8 Å². The molecule has 1 heterocycles. The standard InChI is InChI=1S/C20H18N2/c1-20(2,3)17-12-21-18-15-10-6-4-8-13(15)14-9-5-7-11-16(14)19(18)22-17/h4-12H,1-3H3. The third-order valence-electron chi connectivity index (χ3n) is 4.20. The van der Waals surface area contributed by atoms with Crippen LogP contribution in [-0.4, -0.2) is 9.97 Å². The van der Waals surface area contributed by atoms with Gasteiger partial charge in [0.2, 0.25) is 0 Å². The molecule has 0 aliphatic rings. The molecule has 22 heavy (non-hydrogen) atoms. The fourth-order valence-corrected chi connectivity index (χ4v) is 2.98. The maximum absolute atomic E-state index is 4.96. The Balaban J connectivity index is 2.27. The molecular weight excluding hydrogens is 268 g/mol. The molecule has 3 aromatic carbocycles. The van der Waals surface area contributed by atoms with Gasteiger partial charge in [0, 0.05) is 22.4 Å². The lowest BCUT2D eigenvalue weighted by Crippen LogP contribution is -2.14. The molecule has 2 nitrogen and oxygen atoms in total. The highest BCUT2D eigenvalue weighted by molar-refractivity contribution is 6.22. The van der Waals surface area contributed by atoms with Crippen molar-refractivity contribution < 1.29 is 0 Å². The first-order valence-electron chi connectivity index (χ1n) is 7.62. The SMILES string of the molecule is CC(C)(C)c1cnc2c3ccccc3c3ccccc3c2n1. The summed E-state index contributed by atoms with van der Waals surface area (Å²) in [6, 6.07) is 16.9. The van der Waals surface area contributed by atoms with Crippen LogP contribution >= 0.6 is 0 Å². The van der Waals surface area contributed by atoms with Gasteiger partial charge in [0.05, 0.1) is 16.7 Å². The first kappa shape index (κ1) is 13.2. The molecule has 0 spiro atoms. The smallest absolute Gasteiger partial charge is 0.0975 e. The van der Waals surface area contributed by atoms with Crippen LogP contribution in [0.1, 0.15) is 26.5 Å². The second-order valence-electron chi connectivity index (χ2n) is 6.79. The zero-order chi connectivity index (χ0) is 15.3. The molecule has 0 saturated heterocycles. The van der Waals surface area contributed by atoms with Gasteiger partial charge in [-0.1, -0.05) is 69.3 Å². The average molecular weight is 286 g/mol. The molecule has 0 radical (unpaired) electrons. The molecule has 0 bridgehead atoms. The van der Waals surface area contributed by atoms with Crippen molar-refractivity contribution in [1.82, 2.24) is 9.97 Å². The fourth-order valence-electron chi connectivity index (χ4n) is 2.98. The molecule has 0 saturated carbocycles. The lowest BCUT2D eigenvalue weighted by Gasteiger charge is -2.18. The van der Waals surface area contributed by atoms with E-state index in [1.807, 2.05) is 6.20 Å². The van der Waals surface area contributed by atoms with Gasteiger partial charge >= 0.3 is 0 Å². The Hall–Kier alpha value is -2.48. The molecule has 4 aromatic rings. The van der Waals surface area contributed by atoms with Crippen molar-refractivity contribution in [3.63, 3.8) is 0 Å². The summed E-state index contributed by atoms with van der Waals surface area (Å²) >= 11 is 0. The summed E-state index contributed by atoms with van der Waals surface area (Å²) in [7, 11) is 0. The van der Waals surface area contributed by atoms with E-state index >= 15 is 0 Å². The highest BCUT2D eigenvalue weighted by Crippen LogP contribution is 2.33. The van der Waals surface area contributed by atoms with Crippen LogP contribution in [0.15, 0.2) is 54.7 Å². The van der Waals surface area contributed by atoms with Crippen molar-refractivity contribution in [2.24, 2.45) is 0 Å². The summed E-state index contributed by atoms with van der Waals surface area (Å²) in [6.45, 7) is 6.52. The van der Waals surface area contributed by atoms with E-state index in [2.05, 4.69) is 69.3 Å². The van der Waals surface area contributed by atoms with E-state index in [9.17, 15) is 0 Å². The summed E-state index contributed by atoms with van der Waals surface area (Å²) in [6.07, 6.45) is 1.92. The fraction of sp³-hybridized carbons (Fsp3) is 0.200. The highest BCUT2D eigenvalue weighted by Gasteiger charge is 2.18. The molecule has 0 aliphatic carbocycles. The van der Waals surface area contributed by atoms with Gasteiger partial charge in [-0.25, -0.2) is 4.98 Å². The zero-order valence-electron chi connectivity index (χ0n) is 13.1. The minimum atomic E-state index is -0.00601. The van der Waals surface area contributed by atoms with Crippen molar-refractivity contribution in [2.45, 2.75) is 26.2 Å². The number of hydrogen-bond acceptors (Lipinski definition) is 2. The van der Waals surface area contributed by atoms with Crippen LogP contribution in [0.2, 0.25) is 0 Å². The lowest BCUT2D eigenvalue weighted by atomic mass is 9.92. The Morgan fingerprint density at radius 1 is 0.682 bits per heavy atom. The summed E-state index contributed by atoms with van der Waals surface area (Å²) in [5.41, 5.74) is 3.01. The van der Waals surface area contributed by atoms with Gasteiger partial charge in [0.15, 0.2) is 0 Å². The number of aromatic nitrogens is 2. The number of hydrogen-bond donors (Lipinski definition) is 0. The molecule has 108 valence electrons. The van der Waals surface area contributed by atoms with E-state index in [1.165, 1.54) is 21.5 Å². The molecule has 0 N–H and O–H groups in total. The van der Waals surface area contributed by atoms with Gasteiger partial charge in [-0.15, -0.1) is 0 Å². The molecule has 0 amide bonds. The minimum Gasteiger partial charge on any atom is -0.252 e. The van der Waals surface area contributed by atoms with E-state index in [1.54, 1.807) is 0 Å². The Bertz CT molecular complexity index is 975. The molecule has 2 heteroatoms. The zero-order valence-corrected chi connectivity index (χ0v) is 13.1. The van der Waals surface area contributed by atoms with Crippen LogP contribution in [-0.2, 0) is 5.41 Å². The second kappa shape index (κ2) is 4.51. The highest BCUT2D eigenvalue weighted by atomic mass is 14.8. The Morgan fingerprint density at radius 3 is 1.73 bits per heavy atom. The maximum atomic E-state index is 4.96. The molecule has 0 atom stereocenters. The Labute approximate surface area is 129 Å². The quantitative estimate of drug-likeness (QED) is 0.413. The maximum Gasteiger partial charge on any atom is 0.0975 e. The summed E-state index contributed by atoms with van der Waals surface area (Å²) in [4.78, 5) is 9.73. The first-order chi connectivity index (χ1) is 10.6. The van der Waals surface area contributed by atoms with Crippen molar-refractivity contribution in [1.29, 1.82) is 0 Å². The number of benzene rings is 3. The third kappa shape index (κ3) is 1.87. The Morgan fingerprint density at radius 2 is 1.18 bits per heavy atom. The van der Waals surface area contributed by atoms with Gasteiger partial charge in [-0.05, 0) is 10.8 Å². The van der Waals surface area contributed by atoms with Gasteiger partial charge in [-0.2, -0.15) is 0 Å². The van der Waals surface area contributed by atoms with Crippen LogP contribution in [0.4, 0.5) is 0 Å². The predicted octanol–water partition coefficient (Wildman–Crippen LogP) is 5.23. The summed E-state index contributed by atoms with van der Waals surface area (Å²) in [5, 5.41) is 4.83. The van der Waals surface area contributed by atoms with Crippen LogP contribution < -0.4 is 0 Å². The van der Waals surface area contributed by atoms with Gasteiger partial charge in [0.25, 0.3) is 0 Å². The summed E-state index contributed by atoms with van der Waals surface area (Å²) in [5.74, 6) is 0. The van der Waals surface area contributed by atoms with E-state index in [-0.39, 0.29) is 5.41 Å². The lowest BCUT2D eigenvalue weighted by molar-refractivity contribution is 0.569. The van der Waals surface area contributed by atoms with E-state index in [4.69, 9.17) is 9.97 Å². The van der Waals surface area contributed by atoms with E-state index in [0.29, 0.717) is 0 Å². The van der Waals surface area contributed by atoms with Crippen molar-refractivity contribution in [3.05, 3.63) is 60.4 Å². The molecule has 0 aliphatic heterocycles. The number of rotatable bonds is 0. The van der Waals surface area contributed by atoms with E-state index in [0.717, 1.165) is 16.7 Å². The van der Waals surface area contributed by atoms with Gasteiger partial charge < -0.3 is 0 Å². The van der Waals surface area contributed by atoms with Crippen molar-refractivity contribution in [3.8, 4) is 0 Å². The first-order valence-corrected chi connectivity index (χ1v) is 7.62. The predicted molar refractivity (Wildman–Crippen MR) is 93.3 cm³/mol. The third-order valence-corrected chi connectivity index (χ3v) is 4.20. The minimum absolute atomic E-state index is 0.00601. The molecule has 0 fully saturated rings. The van der Waals surface area contributed by atoms with E-state index < -0.39 is 0 Å².